The van der Waals surface area contributed by atoms with Crippen molar-refractivity contribution in [2.75, 3.05) is 44.7 Å². The van der Waals surface area contributed by atoms with Gasteiger partial charge in [-0.3, -0.25) is 4.79 Å². The first kappa shape index (κ1) is 26.1. The number of nitrogens with zero attached hydrogens (tertiary/aromatic N) is 5. The number of piperazine rings is 1. The zero-order chi connectivity index (χ0) is 27.6. The molecule has 0 atom stereocenters. The van der Waals surface area contributed by atoms with Crippen molar-refractivity contribution in [3.8, 4) is 22.8 Å². The lowest BCUT2D eigenvalue weighted by Gasteiger charge is -2.35. The minimum atomic E-state index is -0.585. The van der Waals surface area contributed by atoms with Gasteiger partial charge in [0.1, 0.15) is 30.3 Å². The fourth-order valence-electron chi connectivity index (χ4n) is 4.13. The first-order valence-electron chi connectivity index (χ1n) is 12.6. The zero-order valence-electron chi connectivity index (χ0n) is 21.9. The van der Waals surface area contributed by atoms with Crippen LogP contribution in [0, 0.1) is 5.82 Å². The monoisotopic (exact) mass is 536 g/mol. The standard InChI is InChI=1S/C27H29FN6O5/c1-27(2,3)39-26(36)34-10-8-33(9-11-34)24(35)18-5-7-22(29-15-18)31-25-30-16-19(28)23(32-25)17-4-6-20-21(14-17)38-13-12-37-20/h4-7,14-16H,8-13H2,1-3H3,(H,29,30,31,32). The number of amides is 2. The van der Waals surface area contributed by atoms with E-state index >= 15 is 0 Å². The molecule has 1 fully saturated rings. The third-order valence-corrected chi connectivity index (χ3v) is 6.03. The Balaban J connectivity index is 1.21. The number of halogens is 1. The molecule has 0 spiro atoms. The van der Waals surface area contributed by atoms with Crippen molar-refractivity contribution < 1.29 is 28.2 Å². The average Bonchev–Trinajstić information content (AvgIpc) is 2.93. The largest absolute Gasteiger partial charge is 0.486 e. The van der Waals surface area contributed by atoms with Gasteiger partial charge in [-0.25, -0.2) is 24.1 Å². The highest BCUT2D eigenvalue weighted by molar-refractivity contribution is 5.94. The maximum atomic E-state index is 14.6. The third-order valence-electron chi connectivity index (χ3n) is 6.03. The van der Waals surface area contributed by atoms with E-state index in [0.29, 0.717) is 67.8 Å². The van der Waals surface area contributed by atoms with Gasteiger partial charge in [-0.2, -0.15) is 0 Å². The van der Waals surface area contributed by atoms with E-state index in [1.54, 1.807) is 40.1 Å². The summed E-state index contributed by atoms with van der Waals surface area (Å²) in [4.78, 5) is 41.1. The molecule has 4 heterocycles. The Bertz CT molecular complexity index is 1370. The number of aromatic nitrogens is 3. The number of carbonyl (C=O) groups is 2. The number of rotatable bonds is 4. The molecule has 1 saturated heterocycles. The van der Waals surface area contributed by atoms with Crippen LogP contribution in [0.5, 0.6) is 11.5 Å². The lowest BCUT2D eigenvalue weighted by Crippen LogP contribution is -2.51. The second-order valence-electron chi connectivity index (χ2n) is 10.1. The molecule has 0 aliphatic carbocycles. The minimum absolute atomic E-state index is 0.0989. The maximum absolute atomic E-state index is 14.6. The first-order valence-corrected chi connectivity index (χ1v) is 12.6. The molecule has 1 N–H and O–H groups in total. The summed E-state index contributed by atoms with van der Waals surface area (Å²) in [7, 11) is 0. The molecule has 0 saturated carbocycles. The third kappa shape index (κ3) is 6.16. The topological polar surface area (TPSA) is 119 Å². The van der Waals surface area contributed by atoms with Crippen molar-refractivity contribution in [2.45, 2.75) is 26.4 Å². The Morgan fingerprint density at radius 1 is 0.949 bits per heavy atom. The summed E-state index contributed by atoms with van der Waals surface area (Å²) in [6.07, 6.45) is 2.15. The highest BCUT2D eigenvalue weighted by atomic mass is 19.1. The van der Waals surface area contributed by atoms with E-state index in [1.165, 1.54) is 6.20 Å². The number of benzene rings is 1. The van der Waals surface area contributed by atoms with E-state index in [9.17, 15) is 14.0 Å². The van der Waals surface area contributed by atoms with E-state index in [1.807, 2.05) is 20.8 Å². The predicted octanol–water partition coefficient (Wildman–Crippen LogP) is 3.89. The van der Waals surface area contributed by atoms with Crippen molar-refractivity contribution >= 4 is 23.8 Å². The Kier molecular flexibility index (Phi) is 7.18. The summed E-state index contributed by atoms with van der Waals surface area (Å²) < 4.78 is 31.1. The molecule has 0 unspecified atom stereocenters. The van der Waals surface area contributed by atoms with Crippen molar-refractivity contribution in [3.05, 3.63) is 54.1 Å². The number of nitrogens with one attached hydrogen (secondary N) is 1. The maximum Gasteiger partial charge on any atom is 0.410 e. The quantitative estimate of drug-likeness (QED) is 0.530. The Morgan fingerprint density at radius 3 is 2.36 bits per heavy atom. The van der Waals surface area contributed by atoms with Gasteiger partial charge in [0, 0.05) is 37.9 Å². The average molecular weight is 537 g/mol. The Labute approximate surface area is 224 Å². The summed E-state index contributed by atoms with van der Waals surface area (Å²) in [6.45, 7) is 7.90. The van der Waals surface area contributed by atoms with Crippen LogP contribution in [0.25, 0.3) is 11.3 Å². The molecule has 2 aliphatic heterocycles. The van der Waals surface area contributed by atoms with E-state index in [2.05, 4.69) is 20.3 Å². The zero-order valence-corrected chi connectivity index (χ0v) is 21.9. The Morgan fingerprint density at radius 2 is 1.67 bits per heavy atom. The second kappa shape index (κ2) is 10.7. The highest BCUT2D eigenvalue weighted by Gasteiger charge is 2.28. The van der Waals surface area contributed by atoms with Gasteiger partial charge in [0.15, 0.2) is 17.3 Å². The van der Waals surface area contributed by atoms with Crippen LogP contribution in [0.2, 0.25) is 0 Å². The van der Waals surface area contributed by atoms with Crippen LogP contribution in [-0.4, -0.2) is 81.7 Å². The van der Waals surface area contributed by atoms with E-state index in [-0.39, 0.29) is 23.6 Å². The molecular weight excluding hydrogens is 507 g/mol. The summed E-state index contributed by atoms with van der Waals surface area (Å²) in [5.41, 5.74) is 0.449. The molecule has 3 aromatic rings. The molecule has 12 heteroatoms. The number of ether oxygens (including phenoxy) is 3. The van der Waals surface area contributed by atoms with E-state index < -0.39 is 11.4 Å². The van der Waals surface area contributed by atoms with Crippen LogP contribution in [0.1, 0.15) is 31.1 Å². The number of hydrogen-bond donors (Lipinski definition) is 1. The minimum Gasteiger partial charge on any atom is -0.486 e. The molecule has 2 aromatic heterocycles. The Hall–Kier alpha value is -4.48. The van der Waals surface area contributed by atoms with Gasteiger partial charge >= 0.3 is 6.09 Å². The van der Waals surface area contributed by atoms with Gasteiger partial charge in [-0.05, 0) is 51.1 Å². The number of carbonyl (C=O) groups excluding carboxylic acids is 2. The molecule has 1 aromatic carbocycles. The van der Waals surface area contributed by atoms with Crippen LogP contribution in [-0.2, 0) is 4.74 Å². The molecule has 2 amide bonds. The molecular formula is C27H29FN6O5. The van der Waals surface area contributed by atoms with Crippen LogP contribution in [0.3, 0.4) is 0 Å². The number of hydrogen-bond acceptors (Lipinski definition) is 9. The van der Waals surface area contributed by atoms with Crippen molar-refractivity contribution in [3.63, 3.8) is 0 Å². The van der Waals surface area contributed by atoms with Crippen LogP contribution in [0.15, 0.2) is 42.7 Å². The van der Waals surface area contributed by atoms with Gasteiger partial charge in [0.2, 0.25) is 5.95 Å². The second-order valence-corrected chi connectivity index (χ2v) is 10.1. The summed E-state index contributed by atoms with van der Waals surface area (Å²) in [5.74, 6) is 0.892. The van der Waals surface area contributed by atoms with Gasteiger partial charge in [0.25, 0.3) is 5.91 Å². The van der Waals surface area contributed by atoms with Gasteiger partial charge in [0.05, 0.1) is 11.8 Å². The molecule has 204 valence electrons. The lowest BCUT2D eigenvalue weighted by molar-refractivity contribution is 0.0141. The summed E-state index contributed by atoms with van der Waals surface area (Å²) >= 11 is 0. The van der Waals surface area contributed by atoms with Gasteiger partial charge in [-0.15, -0.1) is 0 Å². The SMILES string of the molecule is CC(C)(C)OC(=O)N1CCN(C(=O)c2ccc(Nc3ncc(F)c(-c4ccc5c(c4)OCCO5)n3)nc2)CC1. The van der Waals surface area contributed by atoms with E-state index in [0.717, 1.165) is 6.20 Å². The molecule has 0 radical (unpaired) electrons. The van der Waals surface area contributed by atoms with Crippen LogP contribution < -0.4 is 14.8 Å². The normalized spacial score (nSPS) is 15.1. The fourth-order valence-corrected chi connectivity index (χ4v) is 4.13. The smallest absolute Gasteiger partial charge is 0.410 e. The van der Waals surface area contributed by atoms with Crippen LogP contribution >= 0.6 is 0 Å². The molecule has 39 heavy (non-hydrogen) atoms. The van der Waals surface area contributed by atoms with Crippen molar-refractivity contribution in [2.24, 2.45) is 0 Å². The predicted molar refractivity (Wildman–Crippen MR) is 140 cm³/mol. The van der Waals surface area contributed by atoms with Gasteiger partial charge < -0.3 is 29.3 Å². The molecule has 2 aliphatic rings. The number of pyridine rings is 1. The van der Waals surface area contributed by atoms with Gasteiger partial charge in [-0.1, -0.05) is 0 Å². The molecule has 0 bridgehead atoms. The molecule has 11 nitrogen and oxygen atoms in total. The molecule has 5 rings (SSSR count). The highest BCUT2D eigenvalue weighted by Crippen LogP contribution is 2.35. The number of fused-ring (bicyclic) bond motifs is 1. The van der Waals surface area contributed by atoms with Crippen LogP contribution in [0.4, 0.5) is 21.0 Å². The summed E-state index contributed by atoms with van der Waals surface area (Å²) in [5, 5.41) is 2.95. The lowest BCUT2D eigenvalue weighted by atomic mass is 10.1. The van der Waals surface area contributed by atoms with Crippen molar-refractivity contribution in [1.82, 2.24) is 24.8 Å². The summed E-state index contributed by atoms with van der Waals surface area (Å²) in [6, 6.07) is 8.36. The fraction of sp³-hybridized carbons (Fsp3) is 0.370. The van der Waals surface area contributed by atoms with E-state index in [4.69, 9.17) is 14.2 Å². The number of anilines is 2. The first-order chi connectivity index (χ1) is 18.7. The van der Waals surface area contributed by atoms with Crippen molar-refractivity contribution in [1.29, 1.82) is 0 Å².